The first kappa shape index (κ1) is 25.2. The summed E-state index contributed by atoms with van der Waals surface area (Å²) in [4.78, 5) is 52.0. The summed E-state index contributed by atoms with van der Waals surface area (Å²) < 4.78 is 0. The number of likely N-dealkylation sites (N-methyl/N-ethyl adjacent to an activating group) is 1. The summed E-state index contributed by atoms with van der Waals surface area (Å²) in [7, 11) is 3.32. The van der Waals surface area contributed by atoms with Gasteiger partial charge >= 0.3 is 5.97 Å². The molecule has 10 nitrogen and oxygen atoms in total. The third-order valence-corrected chi connectivity index (χ3v) is 7.89. The number of aliphatic hydroxyl groups excluding tert-OH is 2. The number of aliphatic hydroxyl groups is 2. The van der Waals surface area contributed by atoms with Crippen LogP contribution in [-0.2, 0) is 20.8 Å². The number of carbonyl (C=O) groups excluding carboxylic acids is 3. The first-order valence-electron chi connectivity index (χ1n) is 12.0. The smallest absolute Gasteiger partial charge is 0.335 e. The van der Waals surface area contributed by atoms with E-state index in [-0.39, 0.29) is 35.3 Å². The number of benzene rings is 2. The van der Waals surface area contributed by atoms with Gasteiger partial charge in [-0.2, -0.15) is 0 Å². The second kappa shape index (κ2) is 8.84. The van der Waals surface area contributed by atoms with Gasteiger partial charge < -0.3 is 26.2 Å². The summed E-state index contributed by atoms with van der Waals surface area (Å²) in [5, 5.41) is 42.1. The lowest BCUT2D eigenvalue weighted by Gasteiger charge is -2.46. The Morgan fingerprint density at radius 3 is 2.21 bits per heavy atom. The lowest BCUT2D eigenvalue weighted by Crippen LogP contribution is -2.55. The number of fused-ring (bicyclic) bond motifs is 3. The number of phenols is 1. The maximum absolute atomic E-state index is 13.8. The van der Waals surface area contributed by atoms with Gasteiger partial charge in [-0.25, -0.2) is 4.79 Å². The molecule has 3 aliphatic carbocycles. The molecule has 2 aromatic rings. The molecule has 4 atom stereocenters. The third-order valence-electron chi connectivity index (χ3n) is 7.89. The number of ketones is 2. The fourth-order valence-electron chi connectivity index (χ4n) is 6.33. The normalized spacial score (nSPS) is 24.7. The molecule has 2 aromatic carbocycles. The van der Waals surface area contributed by atoms with E-state index in [0.717, 1.165) is 0 Å². The van der Waals surface area contributed by atoms with Crippen molar-refractivity contribution < 1.29 is 39.6 Å². The number of Topliss-reactive ketones (excluding diaryl/α,β-unsaturated/α-hetero) is 2. The molecule has 10 heteroatoms. The van der Waals surface area contributed by atoms with Crippen LogP contribution in [0.15, 0.2) is 53.3 Å². The minimum Gasteiger partial charge on any atom is -0.510 e. The van der Waals surface area contributed by atoms with Crippen molar-refractivity contribution in [3.63, 3.8) is 0 Å². The minimum atomic E-state index is -1.32. The number of hydrogen-bond donors (Lipinski definition) is 5. The van der Waals surface area contributed by atoms with Crippen molar-refractivity contribution in [3.8, 4) is 16.9 Å². The molecule has 38 heavy (non-hydrogen) atoms. The van der Waals surface area contributed by atoms with Crippen LogP contribution >= 0.6 is 0 Å². The quantitative estimate of drug-likeness (QED) is 0.300. The van der Waals surface area contributed by atoms with Crippen LogP contribution in [-0.4, -0.2) is 68.9 Å². The molecule has 0 aliphatic heterocycles. The molecule has 0 spiro atoms. The zero-order chi connectivity index (χ0) is 27.6. The largest absolute Gasteiger partial charge is 0.510 e. The van der Waals surface area contributed by atoms with Gasteiger partial charge in [0.1, 0.15) is 22.8 Å². The van der Waals surface area contributed by atoms with Crippen molar-refractivity contribution in [1.82, 2.24) is 4.90 Å². The van der Waals surface area contributed by atoms with Crippen LogP contribution < -0.4 is 5.73 Å². The lowest BCUT2D eigenvalue weighted by molar-refractivity contribution is -0.136. The Balaban J connectivity index is 1.66. The van der Waals surface area contributed by atoms with Gasteiger partial charge in [0.25, 0.3) is 5.91 Å². The van der Waals surface area contributed by atoms with Gasteiger partial charge in [0.05, 0.1) is 23.1 Å². The predicted octanol–water partition coefficient (Wildman–Crippen LogP) is 2.21. The van der Waals surface area contributed by atoms with E-state index >= 15 is 0 Å². The molecule has 0 radical (unpaired) electrons. The summed E-state index contributed by atoms with van der Waals surface area (Å²) in [6.45, 7) is 0. The van der Waals surface area contributed by atoms with Gasteiger partial charge in [0, 0.05) is 5.57 Å². The highest BCUT2D eigenvalue weighted by atomic mass is 16.4. The highest BCUT2D eigenvalue weighted by Crippen LogP contribution is 2.51. The van der Waals surface area contributed by atoms with Crippen LogP contribution in [0.4, 0.5) is 0 Å². The molecule has 1 saturated carbocycles. The molecular weight excluding hydrogens is 492 g/mol. The number of primary amides is 1. The van der Waals surface area contributed by atoms with Gasteiger partial charge in [0.2, 0.25) is 0 Å². The molecule has 5 rings (SSSR count). The SMILES string of the molecule is CN(C)[C@@H]1C(O)=C(C(N)=O)C(=O)C2C(=O)C3=C(O)c4c(O)ccc(-c5ccc(C(=O)O)cc5)c4C[C@H]3C[C@H]21. The van der Waals surface area contributed by atoms with Gasteiger partial charge in [-0.15, -0.1) is 0 Å². The van der Waals surface area contributed by atoms with E-state index < -0.39 is 64.3 Å². The van der Waals surface area contributed by atoms with Crippen LogP contribution in [0.2, 0.25) is 0 Å². The monoisotopic (exact) mass is 518 g/mol. The third kappa shape index (κ3) is 3.59. The number of phenolic OH excluding ortho intramolecular Hbond substituents is 1. The number of hydrogen-bond acceptors (Lipinski definition) is 8. The second-order valence-corrected chi connectivity index (χ2v) is 10.2. The lowest BCUT2D eigenvalue weighted by atomic mass is 9.59. The van der Waals surface area contributed by atoms with Gasteiger partial charge in [0.15, 0.2) is 11.6 Å². The number of carboxylic acids is 1. The Morgan fingerprint density at radius 1 is 0.974 bits per heavy atom. The molecule has 3 aliphatic rings. The molecule has 6 N–H and O–H groups in total. The van der Waals surface area contributed by atoms with Crippen molar-refractivity contribution in [2.24, 2.45) is 23.5 Å². The number of amides is 1. The second-order valence-electron chi connectivity index (χ2n) is 10.2. The Bertz CT molecular complexity index is 1480. The van der Waals surface area contributed by atoms with Crippen molar-refractivity contribution in [3.05, 3.63) is 70.0 Å². The number of aromatic carboxylic acids is 1. The van der Waals surface area contributed by atoms with E-state index in [1.54, 1.807) is 37.2 Å². The zero-order valence-corrected chi connectivity index (χ0v) is 20.6. The van der Waals surface area contributed by atoms with Crippen LogP contribution in [0.3, 0.4) is 0 Å². The minimum absolute atomic E-state index is 0.00323. The van der Waals surface area contributed by atoms with E-state index in [0.29, 0.717) is 16.7 Å². The number of nitrogens with zero attached hydrogens (tertiary/aromatic N) is 1. The summed E-state index contributed by atoms with van der Waals surface area (Å²) in [6, 6.07) is 8.39. The fourth-order valence-corrected chi connectivity index (χ4v) is 6.33. The highest BCUT2D eigenvalue weighted by Gasteiger charge is 2.55. The number of nitrogens with two attached hydrogens (primary N) is 1. The Morgan fingerprint density at radius 2 is 1.63 bits per heavy atom. The van der Waals surface area contributed by atoms with Gasteiger partial charge in [-0.3, -0.25) is 19.3 Å². The van der Waals surface area contributed by atoms with Crippen molar-refractivity contribution in [1.29, 1.82) is 0 Å². The predicted molar refractivity (Wildman–Crippen MR) is 135 cm³/mol. The average molecular weight is 519 g/mol. The number of carboxylic acid groups (broad SMARTS) is 1. The molecule has 0 saturated heterocycles. The van der Waals surface area contributed by atoms with Crippen molar-refractivity contribution in [2.45, 2.75) is 18.9 Å². The number of allylic oxidation sites excluding steroid dienone is 1. The summed E-state index contributed by atoms with van der Waals surface area (Å²) in [5.74, 6) is -7.40. The molecule has 1 unspecified atom stereocenters. The summed E-state index contributed by atoms with van der Waals surface area (Å²) in [5.41, 5.74) is 6.84. The van der Waals surface area contributed by atoms with E-state index in [1.165, 1.54) is 18.2 Å². The van der Waals surface area contributed by atoms with Crippen LogP contribution in [0, 0.1) is 17.8 Å². The van der Waals surface area contributed by atoms with E-state index in [4.69, 9.17) is 5.73 Å². The van der Waals surface area contributed by atoms with Crippen molar-refractivity contribution >= 4 is 29.2 Å². The molecular formula is C28H26N2O8. The molecule has 0 bridgehead atoms. The van der Waals surface area contributed by atoms with E-state index in [1.807, 2.05) is 0 Å². The van der Waals surface area contributed by atoms with Crippen LogP contribution in [0.25, 0.3) is 16.9 Å². The average Bonchev–Trinajstić information content (AvgIpc) is 2.83. The van der Waals surface area contributed by atoms with Crippen LogP contribution in [0.1, 0.15) is 27.9 Å². The zero-order valence-electron chi connectivity index (χ0n) is 20.6. The van der Waals surface area contributed by atoms with E-state index in [2.05, 4.69) is 0 Å². The first-order valence-corrected chi connectivity index (χ1v) is 12.0. The van der Waals surface area contributed by atoms with Crippen LogP contribution in [0.5, 0.6) is 5.75 Å². The summed E-state index contributed by atoms with van der Waals surface area (Å²) in [6.07, 6.45) is 0.489. The fraction of sp³-hybridized carbons (Fsp3) is 0.286. The Hall–Kier alpha value is -4.44. The Kier molecular flexibility index (Phi) is 5.87. The standard InChI is InChI=1S/C28H26N2O8/c1-30(2)22-16-10-13-9-15-14(11-3-5-12(6-4-11)28(37)38)7-8-17(31)19(15)23(32)18(13)24(33)20(16)25(34)21(26(22)35)27(29)36/h3-8,13,16,20,22,31-32,35H,9-10H2,1-2H3,(H2,29,36)(H,37,38)/t13-,16+,20?,22-/m0/s1. The molecule has 1 amide bonds. The number of carbonyl (C=O) groups is 4. The van der Waals surface area contributed by atoms with E-state index in [9.17, 15) is 39.6 Å². The highest BCUT2D eigenvalue weighted by molar-refractivity contribution is 6.28. The Labute approximate surface area is 217 Å². The maximum atomic E-state index is 13.8. The van der Waals surface area contributed by atoms with Gasteiger partial charge in [-0.05, 0) is 73.7 Å². The molecule has 0 heterocycles. The first-order chi connectivity index (χ1) is 17.9. The molecule has 196 valence electrons. The molecule has 1 fully saturated rings. The van der Waals surface area contributed by atoms with Gasteiger partial charge in [-0.1, -0.05) is 18.2 Å². The number of aromatic hydroxyl groups is 1. The molecule has 0 aromatic heterocycles. The van der Waals surface area contributed by atoms with Crippen molar-refractivity contribution in [2.75, 3.05) is 14.1 Å². The number of rotatable bonds is 4. The maximum Gasteiger partial charge on any atom is 0.335 e. The summed E-state index contributed by atoms with van der Waals surface area (Å²) >= 11 is 0. The topological polar surface area (TPSA) is 178 Å².